The predicted octanol–water partition coefficient (Wildman–Crippen LogP) is 5.79. The van der Waals surface area contributed by atoms with Gasteiger partial charge in [0.15, 0.2) is 23.3 Å². The average Bonchev–Trinajstić information content (AvgIpc) is 2.75. The first-order valence-electron chi connectivity index (χ1n) is 8.92. The van der Waals surface area contributed by atoms with E-state index in [1.165, 1.54) is 18.1 Å². The summed E-state index contributed by atoms with van der Waals surface area (Å²) in [5, 5.41) is -1.23. The van der Waals surface area contributed by atoms with Gasteiger partial charge in [0.2, 0.25) is 5.91 Å². The van der Waals surface area contributed by atoms with Gasteiger partial charge in [0.1, 0.15) is 16.5 Å². The molecule has 166 valence electrons. The minimum atomic E-state index is -1.65. The van der Waals surface area contributed by atoms with Gasteiger partial charge in [-0.3, -0.25) is 4.79 Å². The van der Waals surface area contributed by atoms with Gasteiger partial charge in [0.25, 0.3) is 0 Å². The van der Waals surface area contributed by atoms with E-state index < -0.39 is 34.0 Å². The lowest BCUT2D eigenvalue weighted by Gasteiger charge is -2.36. The van der Waals surface area contributed by atoms with Crippen molar-refractivity contribution < 1.29 is 27.1 Å². The number of benzene rings is 2. The van der Waals surface area contributed by atoms with Gasteiger partial charge >= 0.3 is 0 Å². The van der Waals surface area contributed by atoms with Crippen LogP contribution < -0.4 is 9.64 Å². The number of hydrogen-bond acceptors (Lipinski definition) is 3. The van der Waals surface area contributed by atoms with Crippen LogP contribution >= 0.6 is 43.5 Å². The highest BCUT2D eigenvalue weighted by molar-refractivity contribution is 9.11. The fraction of sp³-hybridized carbons (Fsp3) is 0.250. The molecule has 2 aromatic carbocycles. The number of piperazine rings is 1. The second kappa shape index (κ2) is 9.79. The van der Waals surface area contributed by atoms with Crippen molar-refractivity contribution in [2.45, 2.75) is 0 Å². The van der Waals surface area contributed by atoms with Gasteiger partial charge < -0.3 is 14.5 Å². The summed E-state index contributed by atoms with van der Waals surface area (Å²) in [7, 11) is 1.51. The van der Waals surface area contributed by atoms with E-state index in [2.05, 4.69) is 31.9 Å². The first-order chi connectivity index (χ1) is 14.6. The quantitative estimate of drug-likeness (QED) is 0.197. The van der Waals surface area contributed by atoms with Crippen molar-refractivity contribution in [3.63, 3.8) is 0 Å². The van der Waals surface area contributed by atoms with Gasteiger partial charge in [-0.1, -0.05) is 27.5 Å². The van der Waals surface area contributed by atoms with Crippen LogP contribution in [-0.4, -0.2) is 44.1 Å². The Kier molecular flexibility index (Phi) is 7.54. The zero-order valence-electron chi connectivity index (χ0n) is 16.0. The zero-order chi connectivity index (χ0) is 22.9. The molecule has 2 aromatic rings. The monoisotopic (exact) mass is 584 g/mol. The topological polar surface area (TPSA) is 32.8 Å². The largest absolute Gasteiger partial charge is 0.495 e. The molecule has 0 bridgehead atoms. The molecule has 1 aliphatic heterocycles. The summed E-state index contributed by atoms with van der Waals surface area (Å²) < 4.78 is 62.6. The first-order valence-corrected chi connectivity index (χ1v) is 10.9. The molecule has 0 N–H and O–H groups in total. The summed E-state index contributed by atoms with van der Waals surface area (Å²) in [5.74, 6) is -6.19. The number of hydrogen-bond donors (Lipinski definition) is 0. The van der Waals surface area contributed by atoms with Crippen molar-refractivity contribution >= 4 is 61.1 Å². The fourth-order valence-electron chi connectivity index (χ4n) is 3.21. The normalized spacial score (nSPS) is 14.5. The Hall–Kier alpha value is -1.78. The fourth-order valence-corrected chi connectivity index (χ4v) is 4.79. The van der Waals surface area contributed by atoms with E-state index in [1.807, 2.05) is 0 Å². The van der Waals surface area contributed by atoms with Crippen molar-refractivity contribution in [2.75, 3.05) is 38.2 Å². The summed E-state index contributed by atoms with van der Waals surface area (Å²) >= 11 is 12.0. The maximum atomic E-state index is 14.2. The summed E-state index contributed by atoms with van der Waals surface area (Å²) in [4.78, 5) is 15.2. The molecular formula is C20H15Br2ClF4N2O2. The van der Waals surface area contributed by atoms with Crippen molar-refractivity contribution in [3.05, 3.63) is 61.0 Å². The molecule has 0 radical (unpaired) electrons. The minimum Gasteiger partial charge on any atom is -0.495 e. The molecule has 3 rings (SSSR count). The maximum absolute atomic E-state index is 14.2. The number of halogens is 7. The first kappa shape index (κ1) is 23.9. The van der Waals surface area contributed by atoms with Crippen molar-refractivity contribution in [2.24, 2.45) is 0 Å². The SMILES string of the molecule is COc1c(Br)cc(Br)cc1/C=C/C(=O)N1CCN(c2c(F)c(F)c(Cl)c(F)c2F)CC1. The highest BCUT2D eigenvalue weighted by atomic mass is 79.9. The Morgan fingerprint density at radius 2 is 1.61 bits per heavy atom. The van der Waals surface area contributed by atoms with Crippen LogP contribution in [-0.2, 0) is 4.79 Å². The molecule has 1 saturated heterocycles. The Labute approximate surface area is 197 Å². The molecule has 0 unspecified atom stereocenters. The van der Waals surface area contributed by atoms with Gasteiger partial charge in [-0.25, -0.2) is 17.6 Å². The van der Waals surface area contributed by atoms with Gasteiger partial charge in [0, 0.05) is 42.3 Å². The molecular weight excluding hydrogens is 571 g/mol. The number of amides is 1. The number of carbonyl (C=O) groups is 1. The van der Waals surface area contributed by atoms with E-state index in [0.717, 1.165) is 9.37 Å². The number of carbonyl (C=O) groups excluding carboxylic acids is 1. The molecule has 4 nitrogen and oxygen atoms in total. The average molecular weight is 587 g/mol. The van der Waals surface area contributed by atoms with Crippen LogP contribution in [0, 0.1) is 23.3 Å². The molecule has 0 aliphatic carbocycles. The maximum Gasteiger partial charge on any atom is 0.246 e. The number of ether oxygens (including phenoxy) is 1. The summed E-state index contributed by atoms with van der Waals surface area (Å²) in [6, 6.07) is 3.58. The van der Waals surface area contributed by atoms with Crippen LogP contribution in [0.4, 0.5) is 23.2 Å². The zero-order valence-corrected chi connectivity index (χ0v) is 19.9. The molecule has 0 aromatic heterocycles. The van der Waals surface area contributed by atoms with E-state index in [9.17, 15) is 22.4 Å². The second-order valence-electron chi connectivity index (χ2n) is 6.57. The predicted molar refractivity (Wildman–Crippen MR) is 118 cm³/mol. The lowest BCUT2D eigenvalue weighted by Crippen LogP contribution is -2.49. The molecule has 11 heteroatoms. The molecule has 1 aliphatic rings. The Balaban J connectivity index is 1.73. The van der Waals surface area contributed by atoms with E-state index >= 15 is 0 Å². The van der Waals surface area contributed by atoms with Crippen LogP contribution in [0.3, 0.4) is 0 Å². The third-order valence-electron chi connectivity index (χ3n) is 4.74. The van der Waals surface area contributed by atoms with E-state index in [4.69, 9.17) is 16.3 Å². The lowest BCUT2D eigenvalue weighted by molar-refractivity contribution is -0.126. The third kappa shape index (κ3) is 4.85. The van der Waals surface area contributed by atoms with E-state index in [-0.39, 0.29) is 32.1 Å². The van der Waals surface area contributed by atoms with E-state index in [0.29, 0.717) is 15.8 Å². The number of anilines is 1. The summed E-state index contributed by atoms with van der Waals surface area (Å²) in [6.07, 6.45) is 2.95. The molecule has 1 fully saturated rings. The second-order valence-corrected chi connectivity index (χ2v) is 8.72. The number of rotatable bonds is 4. The highest BCUT2D eigenvalue weighted by Crippen LogP contribution is 2.35. The highest BCUT2D eigenvalue weighted by Gasteiger charge is 2.30. The molecule has 0 atom stereocenters. The molecule has 0 saturated carbocycles. The van der Waals surface area contributed by atoms with Crippen LogP contribution in [0.1, 0.15) is 5.56 Å². The van der Waals surface area contributed by atoms with Crippen LogP contribution in [0.15, 0.2) is 27.2 Å². The van der Waals surface area contributed by atoms with E-state index in [1.54, 1.807) is 18.2 Å². The Bertz CT molecular complexity index is 1030. The van der Waals surface area contributed by atoms with Crippen molar-refractivity contribution in [1.82, 2.24) is 4.90 Å². The van der Waals surface area contributed by atoms with Gasteiger partial charge in [0.05, 0.1) is 11.6 Å². The number of methoxy groups -OCH3 is 1. The third-order valence-corrected chi connectivity index (χ3v) is 6.12. The molecule has 1 heterocycles. The molecule has 31 heavy (non-hydrogen) atoms. The summed E-state index contributed by atoms with van der Waals surface area (Å²) in [6.45, 7) is 0.180. The smallest absolute Gasteiger partial charge is 0.246 e. The number of nitrogens with zero attached hydrogens (tertiary/aromatic N) is 2. The van der Waals surface area contributed by atoms with Crippen LogP contribution in [0.25, 0.3) is 6.08 Å². The lowest BCUT2D eigenvalue weighted by atomic mass is 10.1. The van der Waals surface area contributed by atoms with Gasteiger partial charge in [-0.15, -0.1) is 0 Å². The minimum absolute atomic E-state index is 0.0142. The molecule has 1 amide bonds. The van der Waals surface area contributed by atoms with Crippen molar-refractivity contribution in [1.29, 1.82) is 0 Å². The Morgan fingerprint density at radius 1 is 1.03 bits per heavy atom. The van der Waals surface area contributed by atoms with Crippen LogP contribution in [0.5, 0.6) is 5.75 Å². The van der Waals surface area contributed by atoms with Gasteiger partial charge in [-0.2, -0.15) is 0 Å². The summed E-state index contributed by atoms with van der Waals surface area (Å²) in [5.41, 5.74) is -0.169. The molecule has 0 spiro atoms. The van der Waals surface area contributed by atoms with Crippen LogP contribution in [0.2, 0.25) is 5.02 Å². The Morgan fingerprint density at radius 3 is 2.16 bits per heavy atom. The van der Waals surface area contributed by atoms with Crippen molar-refractivity contribution in [3.8, 4) is 5.75 Å². The standard InChI is InChI=1S/C20H15Br2ClF4N2O2/c1-31-20-10(8-11(21)9-12(20)22)2-3-13(30)28-4-6-29(7-5-28)19-17(26)15(24)14(23)16(25)18(19)27/h2-3,8-9H,4-7H2,1H3/b3-2+. The van der Waals surface area contributed by atoms with Gasteiger partial charge in [-0.05, 0) is 34.1 Å².